The van der Waals surface area contributed by atoms with Crippen molar-refractivity contribution >= 4 is 42.7 Å². The van der Waals surface area contributed by atoms with E-state index in [-0.39, 0.29) is 36.1 Å². The third-order valence-corrected chi connectivity index (χ3v) is 10.3. The summed E-state index contributed by atoms with van der Waals surface area (Å²) >= 11 is 0. The first kappa shape index (κ1) is 32.7. The van der Waals surface area contributed by atoms with Crippen molar-refractivity contribution < 1.29 is 33.4 Å². The van der Waals surface area contributed by atoms with E-state index in [0.29, 0.717) is 19.4 Å². The minimum absolute atomic E-state index is 0.109. The van der Waals surface area contributed by atoms with Crippen molar-refractivity contribution in [1.82, 2.24) is 10.2 Å². The fraction of sp³-hybridized carbons (Fsp3) is 0.486. The van der Waals surface area contributed by atoms with Gasteiger partial charge in [0.1, 0.15) is 12.1 Å². The zero-order valence-corrected chi connectivity index (χ0v) is 27.7. The van der Waals surface area contributed by atoms with E-state index in [1.807, 2.05) is 26.8 Å². The third kappa shape index (κ3) is 6.26. The number of rotatable bonds is 8. The molecule has 2 amide bonds. The summed E-state index contributed by atoms with van der Waals surface area (Å²) in [6.45, 7) is 11.7. The Balaban J connectivity index is 1.20. The van der Waals surface area contributed by atoms with E-state index in [0.717, 1.165) is 76.8 Å². The second-order valence-electron chi connectivity index (χ2n) is 13.5. The standard InChI is InChI=1S/C37H43BN2O7/c1-20(2)33(39-37(44)45-5)35(42)40-21(3)9-14-31(40)36(43)47-19-29(22-7-6-8-22)23-10-12-26-25(15-23)18-46-32-17-27-24(16-28(26)32)11-13-30(38-4)34(27)41/h10,12,15-17,20-21,30-31,33H,4,6-9,11,13-14,18-19H2,1-3,5H3,(H,39,44)/t21-,30?,31-,33-/m0/s1. The first-order valence-electron chi connectivity index (χ1n) is 16.8. The van der Waals surface area contributed by atoms with E-state index in [9.17, 15) is 19.2 Å². The average molecular weight is 639 g/mol. The number of aryl methyl sites for hydroxylation is 1. The summed E-state index contributed by atoms with van der Waals surface area (Å²) in [6.07, 6.45) is 5.07. The van der Waals surface area contributed by atoms with Crippen LogP contribution in [-0.2, 0) is 32.1 Å². The molecule has 9 nitrogen and oxygen atoms in total. The number of likely N-dealkylation sites (tertiary alicyclic amines) is 1. The zero-order chi connectivity index (χ0) is 33.4. The Kier molecular flexibility index (Phi) is 9.40. The molecule has 6 rings (SSSR count). The fourth-order valence-corrected chi connectivity index (χ4v) is 7.31. The van der Waals surface area contributed by atoms with Crippen molar-refractivity contribution in [3.8, 4) is 16.9 Å². The first-order valence-corrected chi connectivity index (χ1v) is 16.8. The van der Waals surface area contributed by atoms with Crippen molar-refractivity contribution in [3.05, 3.63) is 58.2 Å². The fourth-order valence-electron chi connectivity index (χ4n) is 7.31. The van der Waals surface area contributed by atoms with Crippen LogP contribution in [0.25, 0.3) is 16.7 Å². The van der Waals surface area contributed by atoms with Gasteiger partial charge in [0.2, 0.25) is 5.91 Å². The molecule has 0 bridgehead atoms. The SMILES string of the molecule is C=BC1CCc2cc3c(cc2C1=O)OCc1cc(C(COC(=O)[C@@H]2CC[C@H](C)N2C(=O)[C@@H](NC(=O)OC)C(C)C)=C2CCC2)ccc1-3. The van der Waals surface area contributed by atoms with Crippen LogP contribution in [0.3, 0.4) is 0 Å². The van der Waals surface area contributed by atoms with E-state index in [2.05, 4.69) is 36.1 Å². The number of nitrogens with zero attached hydrogens (tertiary/aromatic N) is 1. The molecule has 0 radical (unpaired) electrons. The summed E-state index contributed by atoms with van der Waals surface area (Å²) < 4.78 is 16.9. The molecule has 246 valence electrons. The van der Waals surface area contributed by atoms with Gasteiger partial charge in [-0.3, -0.25) is 4.79 Å². The molecule has 2 fully saturated rings. The average Bonchev–Trinajstić information content (AvgIpc) is 3.44. The van der Waals surface area contributed by atoms with Gasteiger partial charge in [0.05, 0.1) is 7.11 Å². The van der Waals surface area contributed by atoms with Crippen LogP contribution < -0.4 is 10.1 Å². The third-order valence-electron chi connectivity index (χ3n) is 10.3. The van der Waals surface area contributed by atoms with Crippen molar-refractivity contribution in [2.24, 2.45) is 5.92 Å². The molecule has 2 aromatic carbocycles. The summed E-state index contributed by atoms with van der Waals surface area (Å²) in [4.78, 5) is 53.7. The minimum atomic E-state index is -0.816. The van der Waals surface area contributed by atoms with Crippen molar-refractivity contribution in [2.75, 3.05) is 13.7 Å². The summed E-state index contributed by atoms with van der Waals surface area (Å²) in [7, 11) is 1.26. The molecule has 2 aliphatic carbocycles. The van der Waals surface area contributed by atoms with Gasteiger partial charge in [0.15, 0.2) is 0 Å². The number of carbonyl (C=O) groups is 4. The molecule has 1 unspecified atom stereocenters. The van der Waals surface area contributed by atoms with Crippen LogP contribution in [0, 0.1) is 5.92 Å². The van der Waals surface area contributed by atoms with Crippen LogP contribution in [0.5, 0.6) is 5.75 Å². The molecular formula is C37H43BN2O7. The Hall–Kier alpha value is -4.21. The van der Waals surface area contributed by atoms with Gasteiger partial charge in [0.25, 0.3) is 0 Å². The van der Waals surface area contributed by atoms with Crippen molar-refractivity contribution in [3.63, 3.8) is 0 Å². The summed E-state index contributed by atoms with van der Waals surface area (Å²) in [6, 6.07) is 8.62. The molecule has 1 saturated heterocycles. The van der Waals surface area contributed by atoms with Crippen LogP contribution in [0.15, 0.2) is 35.9 Å². The van der Waals surface area contributed by atoms with Crippen molar-refractivity contribution in [1.29, 1.82) is 0 Å². The van der Waals surface area contributed by atoms with Gasteiger partial charge in [0, 0.05) is 6.04 Å². The first-order chi connectivity index (χ1) is 22.6. The van der Waals surface area contributed by atoms with E-state index in [1.165, 1.54) is 12.7 Å². The van der Waals surface area contributed by atoms with Crippen LogP contribution in [0.2, 0.25) is 5.82 Å². The molecule has 2 aliphatic heterocycles. The Morgan fingerprint density at radius 2 is 1.83 bits per heavy atom. The van der Waals surface area contributed by atoms with Gasteiger partial charge in [-0.25, -0.2) is 9.59 Å². The topological polar surface area (TPSA) is 111 Å². The number of Topliss-reactive ketones (excluding diaryl/α,β-unsaturated/α-hetero) is 1. The summed E-state index contributed by atoms with van der Waals surface area (Å²) in [5.41, 5.74) is 8.17. The number of esters is 1. The van der Waals surface area contributed by atoms with Gasteiger partial charge >= 0.3 is 153 Å². The van der Waals surface area contributed by atoms with Gasteiger partial charge in [-0.1, -0.05) is 13.8 Å². The van der Waals surface area contributed by atoms with E-state index in [1.54, 1.807) is 11.8 Å². The number of nitrogens with one attached hydrogen (secondary N) is 1. The monoisotopic (exact) mass is 638 g/mol. The number of hydrogen-bond acceptors (Lipinski definition) is 7. The van der Waals surface area contributed by atoms with Crippen molar-refractivity contribution in [2.45, 2.75) is 96.3 Å². The van der Waals surface area contributed by atoms with Gasteiger partial charge in [-0.05, 0) is 44.9 Å². The number of allylic oxidation sites excluding steroid dienone is 1. The second kappa shape index (κ2) is 13.5. The molecule has 1 saturated carbocycles. The Bertz CT molecular complexity index is 1660. The number of hydrogen-bond donors (Lipinski definition) is 1. The van der Waals surface area contributed by atoms with Crippen LogP contribution in [0.4, 0.5) is 4.79 Å². The number of ether oxygens (including phenoxy) is 3. The molecule has 0 aromatic heterocycles. The Morgan fingerprint density at radius 1 is 1.04 bits per heavy atom. The zero-order valence-electron chi connectivity index (χ0n) is 27.7. The number of alkyl carbamates (subject to hydrolysis) is 1. The number of benzene rings is 2. The molecule has 2 aromatic rings. The predicted molar refractivity (Wildman–Crippen MR) is 181 cm³/mol. The summed E-state index contributed by atoms with van der Waals surface area (Å²) in [5, 5.41) is 2.64. The second-order valence-corrected chi connectivity index (χ2v) is 13.5. The quantitative estimate of drug-likeness (QED) is 0.299. The molecule has 47 heavy (non-hydrogen) atoms. The van der Waals surface area contributed by atoms with E-state index >= 15 is 0 Å². The predicted octanol–water partition coefficient (Wildman–Crippen LogP) is 5.54. The number of amides is 2. The number of ketones is 1. The summed E-state index contributed by atoms with van der Waals surface area (Å²) in [5.74, 6) is -0.257. The molecule has 4 aliphatic rings. The van der Waals surface area contributed by atoms with E-state index < -0.39 is 24.1 Å². The normalized spacial score (nSPS) is 21.7. The molecule has 2 heterocycles. The van der Waals surface area contributed by atoms with Crippen LogP contribution in [-0.4, -0.2) is 73.9 Å². The Labute approximate surface area is 276 Å². The molecule has 4 atom stereocenters. The number of carbonyl (C=O) groups excluding carboxylic acids is 4. The maximum atomic E-state index is 13.6. The van der Waals surface area contributed by atoms with Crippen LogP contribution in [0.1, 0.15) is 86.3 Å². The molecule has 10 heteroatoms. The van der Waals surface area contributed by atoms with Crippen LogP contribution >= 0.6 is 0 Å². The van der Waals surface area contributed by atoms with Gasteiger partial charge in [-0.15, -0.1) is 0 Å². The Morgan fingerprint density at radius 3 is 2.51 bits per heavy atom. The molecular weight excluding hydrogens is 595 g/mol. The number of fused-ring (bicyclic) bond motifs is 4. The molecule has 1 N–H and O–H groups in total. The molecule has 0 spiro atoms. The van der Waals surface area contributed by atoms with E-state index in [4.69, 9.17) is 14.2 Å². The van der Waals surface area contributed by atoms with Gasteiger partial charge in [-0.2, -0.15) is 0 Å². The number of methoxy groups -OCH3 is 1. The van der Waals surface area contributed by atoms with Gasteiger partial charge < -0.3 is 19.7 Å². The maximum absolute atomic E-state index is 13.6.